The van der Waals surface area contributed by atoms with Crippen LogP contribution in [0.25, 0.3) is 11.2 Å². The first-order valence-electron chi connectivity index (χ1n) is 7.76. The predicted octanol–water partition coefficient (Wildman–Crippen LogP) is 1.77. The van der Waals surface area contributed by atoms with E-state index in [0.29, 0.717) is 5.65 Å². The van der Waals surface area contributed by atoms with E-state index in [4.69, 9.17) is 0 Å². The van der Waals surface area contributed by atoms with Gasteiger partial charge in [-0.15, -0.1) is 0 Å². The van der Waals surface area contributed by atoms with Gasteiger partial charge in [0.25, 0.3) is 0 Å². The normalized spacial score (nSPS) is 18.7. The van der Waals surface area contributed by atoms with Crippen molar-refractivity contribution >= 4 is 22.9 Å². The maximum Gasteiger partial charge on any atom is 0.222 e. The number of anilines is 1. The molecule has 0 saturated carbocycles. The molecule has 3 rings (SSSR count). The lowest BCUT2D eigenvalue weighted by Gasteiger charge is -2.34. The second kappa shape index (κ2) is 6.25. The fourth-order valence-electron chi connectivity index (χ4n) is 2.69. The summed E-state index contributed by atoms with van der Waals surface area (Å²) in [6.07, 6.45) is 5.38. The summed E-state index contributed by atoms with van der Waals surface area (Å²) >= 11 is 0. The van der Waals surface area contributed by atoms with E-state index >= 15 is 0 Å². The van der Waals surface area contributed by atoms with Gasteiger partial charge in [-0.3, -0.25) is 9.78 Å². The molecule has 1 unspecified atom stereocenters. The van der Waals surface area contributed by atoms with Crippen molar-refractivity contribution in [2.45, 2.75) is 32.7 Å². The molecule has 1 amide bonds. The van der Waals surface area contributed by atoms with Crippen LogP contribution in [0.1, 0.15) is 26.7 Å². The summed E-state index contributed by atoms with van der Waals surface area (Å²) in [6.45, 7) is 5.57. The van der Waals surface area contributed by atoms with Gasteiger partial charge in [0.1, 0.15) is 11.3 Å². The van der Waals surface area contributed by atoms with Crippen molar-refractivity contribution in [2.75, 3.05) is 18.0 Å². The Labute approximate surface area is 130 Å². The van der Waals surface area contributed by atoms with Crippen molar-refractivity contribution in [3.63, 3.8) is 0 Å². The van der Waals surface area contributed by atoms with Crippen molar-refractivity contribution in [1.82, 2.24) is 20.3 Å². The van der Waals surface area contributed by atoms with Crippen LogP contribution >= 0.6 is 0 Å². The second-order valence-electron chi connectivity index (χ2n) is 6.02. The minimum absolute atomic E-state index is 0.0180. The monoisotopic (exact) mass is 299 g/mol. The van der Waals surface area contributed by atoms with Crippen molar-refractivity contribution in [3.8, 4) is 0 Å². The summed E-state index contributed by atoms with van der Waals surface area (Å²) in [5.41, 5.74) is 1.46. The molecule has 0 aromatic carbocycles. The van der Waals surface area contributed by atoms with Crippen LogP contribution in [0.15, 0.2) is 24.5 Å². The number of carbonyl (C=O) groups is 1. The van der Waals surface area contributed by atoms with E-state index in [2.05, 4.69) is 25.2 Å². The van der Waals surface area contributed by atoms with E-state index in [9.17, 15) is 4.79 Å². The third-order valence-electron chi connectivity index (χ3n) is 3.93. The van der Waals surface area contributed by atoms with Gasteiger partial charge < -0.3 is 10.2 Å². The largest absolute Gasteiger partial charge is 0.354 e. The van der Waals surface area contributed by atoms with Crippen molar-refractivity contribution < 1.29 is 4.79 Å². The average molecular weight is 299 g/mol. The minimum Gasteiger partial charge on any atom is -0.354 e. The smallest absolute Gasteiger partial charge is 0.222 e. The van der Waals surface area contributed by atoms with E-state index in [0.717, 1.165) is 37.3 Å². The molecule has 1 aliphatic heterocycles. The molecule has 0 bridgehead atoms. The molecule has 0 radical (unpaired) electrons. The minimum atomic E-state index is 0.0180. The summed E-state index contributed by atoms with van der Waals surface area (Å²) < 4.78 is 0. The number of pyridine rings is 1. The SMILES string of the molecule is CC(C)C(=O)NC1CCCN(c2ccc3nccnc3n2)C1. The Morgan fingerprint density at radius 2 is 2.14 bits per heavy atom. The number of piperidine rings is 1. The Kier molecular flexibility index (Phi) is 4.18. The second-order valence-corrected chi connectivity index (χ2v) is 6.02. The summed E-state index contributed by atoms with van der Waals surface area (Å²) in [6, 6.07) is 4.10. The summed E-state index contributed by atoms with van der Waals surface area (Å²) in [5, 5.41) is 3.12. The fourth-order valence-corrected chi connectivity index (χ4v) is 2.69. The fraction of sp³-hybridized carbons (Fsp3) is 0.500. The van der Waals surface area contributed by atoms with Crippen LogP contribution in [-0.2, 0) is 4.79 Å². The zero-order chi connectivity index (χ0) is 15.5. The van der Waals surface area contributed by atoms with Crippen LogP contribution in [-0.4, -0.2) is 40.0 Å². The Bertz CT molecular complexity index is 672. The lowest BCUT2D eigenvalue weighted by Crippen LogP contribution is -2.49. The van der Waals surface area contributed by atoms with Gasteiger partial charge >= 0.3 is 0 Å². The van der Waals surface area contributed by atoms with Crippen molar-refractivity contribution in [3.05, 3.63) is 24.5 Å². The topological polar surface area (TPSA) is 71.0 Å². The number of nitrogens with zero attached hydrogens (tertiary/aromatic N) is 4. The van der Waals surface area contributed by atoms with Gasteiger partial charge in [0.2, 0.25) is 5.91 Å². The molecule has 22 heavy (non-hydrogen) atoms. The Morgan fingerprint density at radius 3 is 2.95 bits per heavy atom. The highest BCUT2D eigenvalue weighted by Crippen LogP contribution is 2.20. The van der Waals surface area contributed by atoms with Crippen LogP contribution in [0.5, 0.6) is 0 Å². The van der Waals surface area contributed by atoms with Gasteiger partial charge in [-0.2, -0.15) is 0 Å². The number of aromatic nitrogens is 3. The van der Waals surface area contributed by atoms with Crippen LogP contribution in [0.4, 0.5) is 5.82 Å². The molecule has 1 N–H and O–H groups in total. The first-order valence-corrected chi connectivity index (χ1v) is 7.76. The van der Waals surface area contributed by atoms with Gasteiger partial charge in [0.15, 0.2) is 5.65 Å². The molecule has 116 valence electrons. The van der Waals surface area contributed by atoms with Crippen molar-refractivity contribution in [2.24, 2.45) is 5.92 Å². The van der Waals surface area contributed by atoms with E-state index in [1.807, 2.05) is 26.0 Å². The maximum atomic E-state index is 11.9. The summed E-state index contributed by atoms with van der Waals surface area (Å²) in [4.78, 5) is 27.2. The number of amides is 1. The van der Waals surface area contributed by atoms with E-state index in [1.54, 1.807) is 12.4 Å². The molecule has 6 nitrogen and oxygen atoms in total. The molecule has 1 aliphatic rings. The number of nitrogens with one attached hydrogen (secondary N) is 1. The summed E-state index contributed by atoms with van der Waals surface area (Å²) in [7, 11) is 0. The third kappa shape index (κ3) is 3.16. The lowest BCUT2D eigenvalue weighted by molar-refractivity contribution is -0.124. The molecule has 3 heterocycles. The number of fused-ring (bicyclic) bond motifs is 1. The van der Waals surface area contributed by atoms with E-state index in [1.165, 1.54) is 0 Å². The van der Waals surface area contributed by atoms with Crippen LogP contribution < -0.4 is 10.2 Å². The Balaban J connectivity index is 1.74. The maximum absolute atomic E-state index is 11.9. The molecule has 1 atom stereocenters. The first-order chi connectivity index (χ1) is 10.6. The number of hydrogen-bond acceptors (Lipinski definition) is 5. The Hall–Kier alpha value is -2.24. The third-order valence-corrected chi connectivity index (χ3v) is 3.93. The quantitative estimate of drug-likeness (QED) is 0.935. The van der Waals surface area contributed by atoms with Gasteiger partial charge in [-0.25, -0.2) is 9.97 Å². The van der Waals surface area contributed by atoms with E-state index < -0.39 is 0 Å². The highest BCUT2D eigenvalue weighted by molar-refractivity contribution is 5.78. The Morgan fingerprint density at radius 1 is 1.32 bits per heavy atom. The van der Waals surface area contributed by atoms with E-state index in [-0.39, 0.29) is 17.9 Å². The molecule has 1 saturated heterocycles. The van der Waals surface area contributed by atoms with Crippen LogP contribution in [0, 0.1) is 5.92 Å². The van der Waals surface area contributed by atoms with Crippen molar-refractivity contribution in [1.29, 1.82) is 0 Å². The lowest BCUT2D eigenvalue weighted by atomic mass is 10.0. The molecule has 0 spiro atoms. The molecular formula is C16H21N5O. The molecule has 2 aromatic rings. The first kappa shape index (κ1) is 14.7. The average Bonchev–Trinajstić information content (AvgIpc) is 2.54. The summed E-state index contributed by atoms with van der Waals surface area (Å²) in [5.74, 6) is 1.03. The van der Waals surface area contributed by atoms with Crippen LogP contribution in [0.3, 0.4) is 0 Å². The number of hydrogen-bond donors (Lipinski definition) is 1. The number of rotatable bonds is 3. The zero-order valence-corrected chi connectivity index (χ0v) is 13.0. The zero-order valence-electron chi connectivity index (χ0n) is 13.0. The highest BCUT2D eigenvalue weighted by atomic mass is 16.1. The highest BCUT2D eigenvalue weighted by Gasteiger charge is 2.23. The standard InChI is InChI=1S/C16H21N5O/c1-11(2)16(22)19-12-4-3-9-21(10-12)14-6-5-13-15(20-14)18-8-7-17-13/h5-8,11-12H,3-4,9-10H2,1-2H3,(H,19,22). The molecule has 1 fully saturated rings. The van der Waals surface area contributed by atoms with Gasteiger partial charge in [-0.05, 0) is 25.0 Å². The van der Waals surface area contributed by atoms with Gasteiger partial charge in [0, 0.05) is 37.4 Å². The van der Waals surface area contributed by atoms with Crippen LogP contribution in [0.2, 0.25) is 0 Å². The van der Waals surface area contributed by atoms with Gasteiger partial charge in [0.05, 0.1) is 0 Å². The molecular weight excluding hydrogens is 278 g/mol. The molecule has 2 aromatic heterocycles. The molecule has 0 aliphatic carbocycles. The predicted molar refractivity (Wildman–Crippen MR) is 85.5 cm³/mol. The number of carbonyl (C=O) groups excluding carboxylic acids is 1. The molecule has 6 heteroatoms. The van der Waals surface area contributed by atoms with Gasteiger partial charge in [-0.1, -0.05) is 13.8 Å².